The predicted molar refractivity (Wildman–Crippen MR) is 46.1 cm³/mol. The van der Waals surface area contributed by atoms with E-state index < -0.39 is 0 Å². The van der Waals surface area contributed by atoms with E-state index >= 15 is 0 Å². The lowest BCUT2D eigenvalue weighted by Gasteiger charge is -1.87. The van der Waals surface area contributed by atoms with E-state index in [-0.39, 0.29) is 0 Å². The number of halogens is 1. The van der Waals surface area contributed by atoms with Gasteiger partial charge in [-0.15, -0.1) is 11.3 Å². The van der Waals surface area contributed by atoms with Crippen molar-refractivity contribution in [3.8, 4) is 0 Å². The van der Waals surface area contributed by atoms with Gasteiger partial charge in [0.25, 0.3) is 0 Å². The summed E-state index contributed by atoms with van der Waals surface area (Å²) in [6, 6.07) is 2.19. The van der Waals surface area contributed by atoms with E-state index in [1.165, 1.54) is 14.2 Å². The van der Waals surface area contributed by atoms with Crippen LogP contribution in [0.1, 0.15) is 17.4 Å². The summed E-state index contributed by atoms with van der Waals surface area (Å²) in [5, 5.41) is 0. The van der Waals surface area contributed by atoms with Crippen molar-refractivity contribution in [3.05, 3.63) is 20.3 Å². The van der Waals surface area contributed by atoms with Crippen molar-refractivity contribution in [2.45, 2.75) is 20.3 Å². The Morgan fingerprint density at radius 1 is 1.67 bits per heavy atom. The van der Waals surface area contributed by atoms with Gasteiger partial charge in [0, 0.05) is 4.88 Å². The smallest absolute Gasteiger partial charge is 0.0704 e. The molecular formula is C7H9BrS. The van der Waals surface area contributed by atoms with E-state index in [9.17, 15) is 0 Å². The molecule has 0 aromatic carbocycles. The van der Waals surface area contributed by atoms with Crippen molar-refractivity contribution in [3.63, 3.8) is 0 Å². The molecule has 0 spiro atoms. The fraction of sp³-hybridized carbons (Fsp3) is 0.429. The molecule has 0 aliphatic carbocycles. The highest BCUT2D eigenvalue weighted by Gasteiger charge is 1.98. The zero-order chi connectivity index (χ0) is 6.85. The Morgan fingerprint density at radius 3 is 2.56 bits per heavy atom. The summed E-state index contributed by atoms with van der Waals surface area (Å²) in [4.78, 5) is 1.43. The zero-order valence-electron chi connectivity index (χ0n) is 5.57. The van der Waals surface area contributed by atoms with Crippen LogP contribution in [0.25, 0.3) is 0 Å². The average Bonchev–Trinajstić information content (AvgIpc) is 2.10. The monoisotopic (exact) mass is 204 g/mol. The minimum Gasteiger partial charge on any atom is -0.133 e. The number of rotatable bonds is 1. The summed E-state index contributed by atoms with van der Waals surface area (Å²) in [6.07, 6.45) is 1.15. The van der Waals surface area contributed by atoms with Crippen LogP contribution in [-0.4, -0.2) is 0 Å². The first-order valence-electron chi connectivity index (χ1n) is 2.99. The first kappa shape index (κ1) is 7.29. The Bertz CT molecular complexity index is 203. The molecule has 0 aliphatic heterocycles. The number of hydrogen-bond donors (Lipinski definition) is 0. The molecule has 2 heteroatoms. The highest BCUT2D eigenvalue weighted by atomic mass is 79.9. The quantitative estimate of drug-likeness (QED) is 0.659. The third-order valence-electron chi connectivity index (χ3n) is 1.37. The van der Waals surface area contributed by atoms with Crippen LogP contribution in [0.4, 0.5) is 0 Å². The minimum atomic E-state index is 1.15. The molecule has 0 N–H and O–H groups in total. The van der Waals surface area contributed by atoms with Crippen molar-refractivity contribution in [2.24, 2.45) is 0 Å². The maximum atomic E-state index is 3.44. The minimum absolute atomic E-state index is 1.15. The van der Waals surface area contributed by atoms with Gasteiger partial charge in [-0.2, -0.15) is 0 Å². The highest BCUT2D eigenvalue weighted by Crippen LogP contribution is 2.26. The van der Waals surface area contributed by atoms with Crippen LogP contribution in [0.2, 0.25) is 0 Å². The standard InChI is InChI=1S/C7H9BrS/c1-3-6-4-7(8)9-5(6)2/h4H,3H2,1-2H3. The second-order valence-corrected chi connectivity index (χ2v) is 4.62. The predicted octanol–water partition coefficient (Wildman–Crippen LogP) is 3.38. The molecule has 0 amide bonds. The summed E-state index contributed by atoms with van der Waals surface area (Å²) in [6.45, 7) is 4.34. The van der Waals surface area contributed by atoms with Crippen LogP contribution < -0.4 is 0 Å². The fourth-order valence-corrected chi connectivity index (χ4v) is 2.66. The molecule has 50 valence electrons. The van der Waals surface area contributed by atoms with Crippen LogP contribution in [0.5, 0.6) is 0 Å². The molecule has 0 fully saturated rings. The lowest BCUT2D eigenvalue weighted by atomic mass is 10.2. The molecule has 0 bridgehead atoms. The molecule has 1 heterocycles. The summed E-state index contributed by atoms with van der Waals surface area (Å²) in [7, 11) is 0. The Hall–Kier alpha value is 0.180. The molecule has 0 radical (unpaired) electrons. The van der Waals surface area contributed by atoms with Gasteiger partial charge in [-0.05, 0) is 40.9 Å². The van der Waals surface area contributed by atoms with Crippen molar-refractivity contribution in [1.29, 1.82) is 0 Å². The van der Waals surface area contributed by atoms with E-state index in [0.717, 1.165) is 6.42 Å². The Morgan fingerprint density at radius 2 is 2.33 bits per heavy atom. The maximum absolute atomic E-state index is 3.44. The number of thiophene rings is 1. The number of hydrogen-bond acceptors (Lipinski definition) is 1. The van der Waals surface area contributed by atoms with Crippen molar-refractivity contribution in [1.82, 2.24) is 0 Å². The molecule has 1 rings (SSSR count). The Kier molecular flexibility index (Phi) is 2.30. The van der Waals surface area contributed by atoms with E-state index in [0.29, 0.717) is 0 Å². The molecular weight excluding hydrogens is 196 g/mol. The molecule has 1 aromatic rings. The molecule has 1 aromatic heterocycles. The Labute approximate surface area is 68.0 Å². The lowest BCUT2D eigenvalue weighted by Crippen LogP contribution is -1.74. The van der Waals surface area contributed by atoms with Gasteiger partial charge < -0.3 is 0 Å². The van der Waals surface area contributed by atoms with Crippen LogP contribution >= 0.6 is 27.3 Å². The van der Waals surface area contributed by atoms with Crippen LogP contribution in [-0.2, 0) is 6.42 Å². The van der Waals surface area contributed by atoms with Gasteiger partial charge in [-0.25, -0.2) is 0 Å². The third kappa shape index (κ3) is 1.55. The topological polar surface area (TPSA) is 0 Å². The normalized spacial score (nSPS) is 10.1. The summed E-state index contributed by atoms with van der Waals surface area (Å²) in [5.41, 5.74) is 1.46. The maximum Gasteiger partial charge on any atom is 0.0704 e. The molecule has 0 saturated heterocycles. The average molecular weight is 205 g/mol. The summed E-state index contributed by atoms with van der Waals surface area (Å²) >= 11 is 5.25. The van der Waals surface area contributed by atoms with Crippen molar-refractivity contribution < 1.29 is 0 Å². The molecule has 9 heavy (non-hydrogen) atoms. The van der Waals surface area contributed by atoms with Crippen molar-refractivity contribution >= 4 is 27.3 Å². The van der Waals surface area contributed by atoms with Crippen LogP contribution in [0, 0.1) is 6.92 Å². The second kappa shape index (κ2) is 2.84. The van der Waals surface area contributed by atoms with Gasteiger partial charge in [0.15, 0.2) is 0 Å². The number of aryl methyl sites for hydroxylation is 2. The molecule has 0 nitrogen and oxygen atoms in total. The van der Waals surface area contributed by atoms with E-state index in [2.05, 4.69) is 35.8 Å². The van der Waals surface area contributed by atoms with Crippen LogP contribution in [0.15, 0.2) is 9.85 Å². The van der Waals surface area contributed by atoms with E-state index in [4.69, 9.17) is 0 Å². The molecule has 0 atom stereocenters. The Balaban J connectivity index is 3.01. The largest absolute Gasteiger partial charge is 0.133 e. The first-order chi connectivity index (χ1) is 4.24. The van der Waals surface area contributed by atoms with Gasteiger partial charge in [0.05, 0.1) is 3.79 Å². The highest BCUT2D eigenvalue weighted by molar-refractivity contribution is 9.11. The summed E-state index contributed by atoms with van der Waals surface area (Å²) < 4.78 is 1.25. The van der Waals surface area contributed by atoms with Gasteiger partial charge in [0.1, 0.15) is 0 Å². The fourth-order valence-electron chi connectivity index (χ4n) is 0.831. The summed E-state index contributed by atoms with van der Waals surface area (Å²) in [5.74, 6) is 0. The molecule has 0 unspecified atom stereocenters. The SMILES string of the molecule is CCc1cc(Br)sc1C. The second-order valence-electron chi connectivity index (χ2n) is 1.99. The lowest BCUT2D eigenvalue weighted by molar-refractivity contribution is 1.13. The van der Waals surface area contributed by atoms with E-state index in [1.54, 1.807) is 0 Å². The molecule has 0 aliphatic rings. The van der Waals surface area contributed by atoms with Gasteiger partial charge in [-0.1, -0.05) is 6.92 Å². The van der Waals surface area contributed by atoms with Gasteiger partial charge in [0.2, 0.25) is 0 Å². The zero-order valence-corrected chi connectivity index (χ0v) is 7.97. The van der Waals surface area contributed by atoms with Crippen LogP contribution in [0.3, 0.4) is 0 Å². The van der Waals surface area contributed by atoms with Crippen molar-refractivity contribution in [2.75, 3.05) is 0 Å². The third-order valence-corrected chi connectivity index (χ3v) is 2.97. The van der Waals surface area contributed by atoms with Gasteiger partial charge >= 0.3 is 0 Å². The first-order valence-corrected chi connectivity index (χ1v) is 4.59. The molecule has 0 saturated carbocycles. The van der Waals surface area contributed by atoms with Gasteiger partial charge in [-0.3, -0.25) is 0 Å². The van der Waals surface area contributed by atoms with E-state index in [1.807, 2.05) is 11.3 Å².